The predicted molar refractivity (Wildman–Crippen MR) is 103 cm³/mol. The third-order valence-corrected chi connectivity index (χ3v) is 4.30. The number of phenols is 4. The van der Waals surface area contributed by atoms with Crippen molar-refractivity contribution in [2.75, 3.05) is 0 Å². The van der Waals surface area contributed by atoms with Gasteiger partial charge in [0.2, 0.25) is 23.1 Å². The van der Waals surface area contributed by atoms with E-state index in [1.165, 1.54) is 36.4 Å². The topological polar surface area (TPSA) is 149 Å². The maximum atomic E-state index is 12.4. The van der Waals surface area contributed by atoms with E-state index in [0.717, 1.165) is 24.3 Å². The van der Waals surface area contributed by atoms with Crippen molar-refractivity contribution in [2.45, 2.75) is 0 Å². The molecule has 0 spiro atoms. The average Bonchev–Trinajstić information content (AvgIpc) is 2.75. The first-order valence-electron chi connectivity index (χ1n) is 8.51. The van der Waals surface area contributed by atoms with Crippen molar-refractivity contribution in [2.24, 2.45) is 0 Å². The van der Waals surface area contributed by atoms with Gasteiger partial charge in [0, 0.05) is 22.3 Å². The summed E-state index contributed by atoms with van der Waals surface area (Å²) in [5.41, 5.74) is -0.340. The van der Waals surface area contributed by atoms with Crippen molar-refractivity contribution in [1.82, 2.24) is 0 Å². The highest BCUT2D eigenvalue weighted by molar-refractivity contribution is 6.50. The van der Waals surface area contributed by atoms with Crippen molar-refractivity contribution < 1.29 is 39.6 Å². The van der Waals surface area contributed by atoms with Gasteiger partial charge in [-0.15, -0.1) is 0 Å². The Labute approximate surface area is 169 Å². The van der Waals surface area contributed by atoms with E-state index in [0.29, 0.717) is 0 Å². The fourth-order valence-corrected chi connectivity index (χ4v) is 2.63. The van der Waals surface area contributed by atoms with Crippen LogP contribution in [0, 0.1) is 0 Å². The van der Waals surface area contributed by atoms with E-state index in [-0.39, 0.29) is 22.3 Å². The molecule has 0 saturated carbocycles. The summed E-state index contributed by atoms with van der Waals surface area (Å²) in [4.78, 5) is 49.2. The molecule has 0 fully saturated rings. The lowest BCUT2D eigenvalue weighted by molar-refractivity contribution is 0.0814. The third-order valence-electron chi connectivity index (χ3n) is 4.30. The molecule has 0 heterocycles. The van der Waals surface area contributed by atoms with Crippen molar-refractivity contribution >= 4 is 23.1 Å². The van der Waals surface area contributed by atoms with Gasteiger partial charge in [-0.1, -0.05) is 24.3 Å². The average molecular weight is 406 g/mol. The molecule has 4 N–H and O–H groups in total. The van der Waals surface area contributed by atoms with E-state index in [2.05, 4.69) is 0 Å². The van der Waals surface area contributed by atoms with Gasteiger partial charge in [-0.2, -0.15) is 0 Å². The molecule has 0 atom stereocenters. The second-order valence-electron chi connectivity index (χ2n) is 6.30. The highest BCUT2D eigenvalue weighted by atomic mass is 16.3. The van der Waals surface area contributed by atoms with Gasteiger partial charge in [-0.25, -0.2) is 0 Å². The number of aromatic hydroxyl groups is 4. The monoisotopic (exact) mass is 406 g/mol. The zero-order valence-electron chi connectivity index (χ0n) is 15.2. The second-order valence-corrected chi connectivity index (χ2v) is 6.30. The van der Waals surface area contributed by atoms with Crippen LogP contribution < -0.4 is 0 Å². The van der Waals surface area contributed by atoms with Crippen molar-refractivity contribution in [3.63, 3.8) is 0 Å². The zero-order chi connectivity index (χ0) is 22.0. The molecule has 150 valence electrons. The maximum absolute atomic E-state index is 12.4. The Morgan fingerprint density at radius 1 is 0.400 bits per heavy atom. The first-order chi connectivity index (χ1) is 14.2. The van der Waals surface area contributed by atoms with Crippen LogP contribution in [0.2, 0.25) is 0 Å². The molecule has 0 radical (unpaired) electrons. The van der Waals surface area contributed by atoms with Gasteiger partial charge in [0.15, 0.2) is 23.0 Å². The first-order valence-corrected chi connectivity index (χ1v) is 8.51. The number of carbonyl (C=O) groups is 4. The molecule has 0 bridgehead atoms. The van der Waals surface area contributed by atoms with E-state index in [1.807, 2.05) is 0 Å². The molecule has 0 aromatic heterocycles. The van der Waals surface area contributed by atoms with Crippen LogP contribution in [0.3, 0.4) is 0 Å². The fraction of sp³-hybridized carbons (Fsp3) is 0. The Hall–Kier alpha value is -4.46. The lowest BCUT2D eigenvalue weighted by atomic mass is 9.97. The Morgan fingerprint density at radius 3 is 0.967 bits per heavy atom. The number of Topliss-reactive ketones (excluding diaryl/α,β-unsaturated/α-hetero) is 4. The summed E-state index contributed by atoms with van der Waals surface area (Å²) < 4.78 is 0. The number of carbonyl (C=O) groups excluding carboxylic acids is 4. The fourth-order valence-electron chi connectivity index (χ4n) is 2.63. The Kier molecular flexibility index (Phi) is 5.33. The van der Waals surface area contributed by atoms with Crippen LogP contribution in [0.4, 0.5) is 0 Å². The molecule has 3 aromatic rings. The number of hydrogen-bond donors (Lipinski definition) is 4. The predicted octanol–water partition coefficient (Wildman–Crippen LogP) is 2.64. The van der Waals surface area contributed by atoms with Crippen LogP contribution in [0.1, 0.15) is 41.4 Å². The Balaban J connectivity index is 1.79. The number of ketones is 4. The molecule has 0 amide bonds. The number of rotatable bonds is 6. The van der Waals surface area contributed by atoms with E-state index in [1.54, 1.807) is 0 Å². The van der Waals surface area contributed by atoms with Crippen molar-refractivity contribution in [3.8, 4) is 23.0 Å². The van der Waals surface area contributed by atoms with Gasteiger partial charge in [0.25, 0.3) is 0 Å². The molecular weight excluding hydrogens is 392 g/mol. The van der Waals surface area contributed by atoms with Gasteiger partial charge in [0.1, 0.15) is 0 Å². The second kappa shape index (κ2) is 7.88. The highest BCUT2D eigenvalue weighted by Gasteiger charge is 2.22. The molecule has 0 saturated heterocycles. The van der Waals surface area contributed by atoms with Crippen LogP contribution >= 0.6 is 0 Å². The molecule has 3 rings (SSSR count). The quantitative estimate of drug-likeness (QED) is 0.277. The Bertz CT molecular complexity index is 1100. The summed E-state index contributed by atoms with van der Waals surface area (Å²) in [6, 6.07) is 11.2. The standard InChI is InChI=1S/C22H14O8/c23-15-7-5-13(9-17(15)25)21(29)19(27)11-1-2-12(4-3-11)20(28)22(30)14-6-8-16(24)18(26)10-14/h1-10,23-26H. The van der Waals surface area contributed by atoms with Crippen LogP contribution in [0.25, 0.3) is 0 Å². The van der Waals surface area contributed by atoms with E-state index in [4.69, 9.17) is 0 Å². The van der Waals surface area contributed by atoms with Gasteiger partial charge in [-0.3, -0.25) is 19.2 Å². The van der Waals surface area contributed by atoms with Gasteiger partial charge in [-0.05, 0) is 36.4 Å². The highest BCUT2D eigenvalue weighted by Crippen LogP contribution is 2.26. The summed E-state index contributed by atoms with van der Waals surface area (Å²) >= 11 is 0. The number of phenolic OH excluding ortho intramolecular Hbond substituents is 4. The van der Waals surface area contributed by atoms with Crippen LogP contribution in [-0.2, 0) is 0 Å². The molecule has 0 unspecified atom stereocenters. The number of hydrogen-bond acceptors (Lipinski definition) is 8. The van der Waals surface area contributed by atoms with Gasteiger partial charge >= 0.3 is 0 Å². The van der Waals surface area contributed by atoms with E-state index in [9.17, 15) is 39.6 Å². The smallest absolute Gasteiger partial charge is 0.233 e. The molecule has 30 heavy (non-hydrogen) atoms. The summed E-state index contributed by atoms with van der Waals surface area (Å²) in [6.45, 7) is 0. The normalized spacial score (nSPS) is 10.4. The lowest BCUT2D eigenvalue weighted by Crippen LogP contribution is -2.16. The molecule has 0 aliphatic carbocycles. The molecule has 8 heteroatoms. The molecule has 8 nitrogen and oxygen atoms in total. The van der Waals surface area contributed by atoms with Crippen LogP contribution in [0.5, 0.6) is 23.0 Å². The lowest BCUT2D eigenvalue weighted by Gasteiger charge is -2.05. The molecule has 3 aromatic carbocycles. The first kappa shape index (κ1) is 20.3. The molecule has 0 aliphatic rings. The maximum Gasteiger partial charge on any atom is 0.233 e. The van der Waals surface area contributed by atoms with E-state index < -0.39 is 46.1 Å². The summed E-state index contributed by atoms with van der Waals surface area (Å²) in [5.74, 6) is -5.65. The van der Waals surface area contributed by atoms with Gasteiger partial charge in [0.05, 0.1) is 0 Å². The summed E-state index contributed by atoms with van der Waals surface area (Å²) in [5, 5.41) is 37.5. The van der Waals surface area contributed by atoms with Gasteiger partial charge < -0.3 is 20.4 Å². The SMILES string of the molecule is O=C(C(=O)c1ccc(O)c(O)c1)c1ccc(C(=O)C(=O)c2ccc(O)c(O)c2)cc1. The summed E-state index contributed by atoms with van der Waals surface area (Å²) in [7, 11) is 0. The minimum absolute atomic E-state index is 0.0427. The third kappa shape index (κ3) is 3.88. The Morgan fingerprint density at radius 2 is 0.667 bits per heavy atom. The van der Waals surface area contributed by atoms with Crippen molar-refractivity contribution in [3.05, 3.63) is 82.9 Å². The zero-order valence-corrected chi connectivity index (χ0v) is 15.2. The largest absolute Gasteiger partial charge is 0.504 e. The minimum Gasteiger partial charge on any atom is -0.504 e. The van der Waals surface area contributed by atoms with Crippen molar-refractivity contribution in [1.29, 1.82) is 0 Å². The molecule has 0 aliphatic heterocycles. The van der Waals surface area contributed by atoms with Crippen LogP contribution in [0.15, 0.2) is 60.7 Å². The minimum atomic E-state index is -0.931. The molecular formula is C22H14O8. The van der Waals surface area contributed by atoms with E-state index >= 15 is 0 Å². The van der Waals surface area contributed by atoms with Crippen LogP contribution in [-0.4, -0.2) is 43.6 Å². The summed E-state index contributed by atoms with van der Waals surface area (Å²) in [6.07, 6.45) is 0. The number of benzene rings is 3.